The molecular formula is C20H32N4O2. The summed E-state index contributed by atoms with van der Waals surface area (Å²) in [5.41, 5.74) is 0.785. The van der Waals surface area contributed by atoms with Crippen molar-refractivity contribution in [2.45, 2.75) is 32.7 Å². The van der Waals surface area contributed by atoms with Crippen LogP contribution in [0.5, 0.6) is 11.5 Å². The molecule has 2 N–H and O–H groups in total. The van der Waals surface area contributed by atoms with Gasteiger partial charge in [0.1, 0.15) is 0 Å². The number of hydrogen-bond donors (Lipinski definition) is 2. The van der Waals surface area contributed by atoms with Crippen LogP contribution in [0.2, 0.25) is 0 Å². The highest BCUT2D eigenvalue weighted by atomic mass is 16.5. The van der Waals surface area contributed by atoms with Crippen LogP contribution in [0.4, 0.5) is 0 Å². The molecule has 2 aliphatic heterocycles. The van der Waals surface area contributed by atoms with E-state index in [1.807, 2.05) is 12.1 Å². The zero-order valence-corrected chi connectivity index (χ0v) is 16.1. The first-order valence-electron chi connectivity index (χ1n) is 9.81. The number of benzene rings is 1. The molecule has 2 heterocycles. The first kappa shape index (κ1) is 18.8. The Hall–Kier alpha value is -1.95. The number of likely N-dealkylation sites (tertiary alicyclic amines) is 2. The van der Waals surface area contributed by atoms with Crippen molar-refractivity contribution in [3.05, 3.63) is 23.8 Å². The molecule has 0 bridgehead atoms. The molecule has 0 aliphatic carbocycles. The maximum atomic E-state index is 10.3. The van der Waals surface area contributed by atoms with E-state index in [0.29, 0.717) is 12.3 Å². The Morgan fingerprint density at radius 2 is 2.12 bits per heavy atom. The largest absolute Gasteiger partial charge is 0.504 e. The lowest BCUT2D eigenvalue weighted by atomic mass is 10.1. The summed E-state index contributed by atoms with van der Waals surface area (Å²) >= 11 is 0. The number of para-hydroxylation sites is 1. The fraction of sp³-hybridized carbons (Fsp3) is 0.650. The highest BCUT2D eigenvalue weighted by Gasteiger charge is 2.27. The lowest BCUT2D eigenvalue weighted by molar-refractivity contribution is 0.281. The molecule has 0 radical (unpaired) electrons. The quantitative estimate of drug-likeness (QED) is 0.602. The van der Waals surface area contributed by atoms with Crippen molar-refractivity contribution in [1.82, 2.24) is 15.1 Å². The number of methoxy groups -OCH3 is 1. The number of nitrogens with one attached hydrogen (secondary N) is 1. The van der Waals surface area contributed by atoms with Crippen LogP contribution in [-0.4, -0.2) is 67.2 Å². The molecule has 6 heteroatoms. The normalized spacial score (nSPS) is 21.4. The van der Waals surface area contributed by atoms with Crippen LogP contribution >= 0.6 is 0 Å². The fourth-order valence-corrected chi connectivity index (χ4v) is 3.95. The third-order valence-electron chi connectivity index (χ3n) is 5.34. The lowest BCUT2D eigenvalue weighted by Gasteiger charge is -2.23. The van der Waals surface area contributed by atoms with Gasteiger partial charge >= 0.3 is 0 Å². The van der Waals surface area contributed by atoms with Crippen LogP contribution in [0.1, 0.15) is 31.7 Å². The minimum Gasteiger partial charge on any atom is -0.504 e. The average molecular weight is 361 g/mol. The van der Waals surface area contributed by atoms with Crippen LogP contribution in [0.3, 0.4) is 0 Å². The summed E-state index contributed by atoms with van der Waals surface area (Å²) in [7, 11) is 1.57. The van der Waals surface area contributed by atoms with E-state index in [9.17, 15) is 5.11 Å². The predicted molar refractivity (Wildman–Crippen MR) is 105 cm³/mol. The number of phenols is 1. The highest BCUT2D eigenvalue weighted by Crippen LogP contribution is 2.30. The van der Waals surface area contributed by atoms with Gasteiger partial charge in [-0.2, -0.15) is 0 Å². The lowest BCUT2D eigenvalue weighted by Crippen LogP contribution is -2.40. The summed E-state index contributed by atoms with van der Waals surface area (Å²) in [6, 6.07) is 5.54. The molecule has 26 heavy (non-hydrogen) atoms. The maximum Gasteiger partial charge on any atom is 0.194 e. The minimum atomic E-state index is 0.183. The van der Waals surface area contributed by atoms with Crippen molar-refractivity contribution in [3.8, 4) is 11.5 Å². The summed E-state index contributed by atoms with van der Waals surface area (Å²) in [4.78, 5) is 9.74. The summed E-state index contributed by atoms with van der Waals surface area (Å²) in [6.45, 7) is 9.23. The Kier molecular flexibility index (Phi) is 6.61. The highest BCUT2D eigenvalue weighted by molar-refractivity contribution is 5.80. The van der Waals surface area contributed by atoms with Crippen molar-refractivity contribution in [1.29, 1.82) is 0 Å². The molecule has 0 spiro atoms. The van der Waals surface area contributed by atoms with Crippen LogP contribution < -0.4 is 10.1 Å². The number of aliphatic imine (C=N–C) groups is 1. The maximum absolute atomic E-state index is 10.3. The zero-order valence-electron chi connectivity index (χ0n) is 16.1. The van der Waals surface area contributed by atoms with Crippen LogP contribution in [0, 0.1) is 5.92 Å². The summed E-state index contributed by atoms with van der Waals surface area (Å²) < 4.78 is 5.19. The molecule has 1 atom stereocenters. The molecule has 144 valence electrons. The first-order valence-corrected chi connectivity index (χ1v) is 9.81. The zero-order chi connectivity index (χ0) is 18.4. The summed E-state index contributed by atoms with van der Waals surface area (Å²) in [6.07, 6.45) is 3.93. The van der Waals surface area contributed by atoms with Crippen molar-refractivity contribution in [2.75, 3.05) is 46.4 Å². The second-order valence-corrected chi connectivity index (χ2v) is 7.25. The van der Waals surface area contributed by atoms with E-state index >= 15 is 0 Å². The van der Waals surface area contributed by atoms with E-state index in [0.717, 1.165) is 37.1 Å². The van der Waals surface area contributed by atoms with Crippen LogP contribution in [0.25, 0.3) is 0 Å². The van der Waals surface area contributed by atoms with Crippen molar-refractivity contribution in [3.63, 3.8) is 0 Å². The molecule has 6 nitrogen and oxygen atoms in total. The number of ether oxygens (including phenoxy) is 1. The molecule has 3 rings (SSSR count). The van der Waals surface area contributed by atoms with Gasteiger partial charge in [-0.25, -0.2) is 4.99 Å². The first-order chi connectivity index (χ1) is 12.7. The molecule has 0 saturated carbocycles. The van der Waals surface area contributed by atoms with E-state index in [2.05, 4.69) is 22.0 Å². The second kappa shape index (κ2) is 9.12. The van der Waals surface area contributed by atoms with Crippen LogP contribution in [0.15, 0.2) is 23.2 Å². The summed E-state index contributed by atoms with van der Waals surface area (Å²) in [5, 5.41) is 13.7. The number of nitrogens with zero attached hydrogens (tertiary/aromatic N) is 3. The molecule has 1 aromatic rings. The number of phenolic OH excluding ortho intramolecular Hbond substituents is 1. The predicted octanol–water partition coefficient (Wildman–Crippen LogP) is 2.28. The third kappa shape index (κ3) is 4.61. The molecule has 2 aliphatic rings. The number of rotatable bonds is 6. The molecule has 1 unspecified atom stereocenters. The third-order valence-corrected chi connectivity index (χ3v) is 5.34. The van der Waals surface area contributed by atoms with Gasteiger partial charge in [-0.1, -0.05) is 12.1 Å². The topological polar surface area (TPSA) is 60.3 Å². The SMILES string of the molecule is CCNC(=NCc1cccc(OC)c1O)N1CCC(CN2CCCC2)C1. The van der Waals surface area contributed by atoms with Gasteiger partial charge in [0.15, 0.2) is 17.5 Å². The Balaban J connectivity index is 1.62. The van der Waals surface area contributed by atoms with Gasteiger partial charge in [-0.15, -0.1) is 0 Å². The summed E-state index contributed by atoms with van der Waals surface area (Å²) in [5.74, 6) is 2.35. The van der Waals surface area contributed by atoms with E-state index in [4.69, 9.17) is 9.73 Å². The number of aromatic hydroxyl groups is 1. The Morgan fingerprint density at radius 3 is 2.85 bits per heavy atom. The number of hydrogen-bond acceptors (Lipinski definition) is 4. The van der Waals surface area contributed by atoms with Gasteiger partial charge in [0.25, 0.3) is 0 Å². The average Bonchev–Trinajstić information content (AvgIpc) is 3.32. The van der Waals surface area contributed by atoms with E-state index in [1.165, 1.54) is 38.9 Å². The van der Waals surface area contributed by atoms with Crippen molar-refractivity contribution >= 4 is 5.96 Å². The van der Waals surface area contributed by atoms with E-state index in [-0.39, 0.29) is 5.75 Å². The molecule has 0 aromatic heterocycles. The molecular weight excluding hydrogens is 328 g/mol. The monoisotopic (exact) mass is 360 g/mol. The van der Waals surface area contributed by atoms with Crippen molar-refractivity contribution in [2.24, 2.45) is 10.9 Å². The van der Waals surface area contributed by atoms with Gasteiger partial charge in [0.05, 0.1) is 13.7 Å². The van der Waals surface area contributed by atoms with Gasteiger partial charge in [0.2, 0.25) is 0 Å². The Bertz CT molecular complexity index is 614. The molecule has 2 saturated heterocycles. The minimum absolute atomic E-state index is 0.183. The Morgan fingerprint density at radius 1 is 1.31 bits per heavy atom. The van der Waals surface area contributed by atoms with Gasteiger partial charge < -0.3 is 25.0 Å². The van der Waals surface area contributed by atoms with Crippen molar-refractivity contribution < 1.29 is 9.84 Å². The Labute approximate surface area is 156 Å². The van der Waals surface area contributed by atoms with E-state index < -0.39 is 0 Å². The molecule has 2 fully saturated rings. The van der Waals surface area contributed by atoms with Gasteiger partial charge in [-0.3, -0.25) is 0 Å². The fourth-order valence-electron chi connectivity index (χ4n) is 3.95. The molecule has 0 amide bonds. The second-order valence-electron chi connectivity index (χ2n) is 7.25. The number of guanidine groups is 1. The standard InChI is InChI=1S/C20H32N4O2/c1-3-21-20(22-13-17-7-6-8-18(26-2)19(17)25)24-12-9-16(15-24)14-23-10-4-5-11-23/h6-8,16,25H,3-5,9-15H2,1-2H3,(H,21,22). The smallest absolute Gasteiger partial charge is 0.194 e. The van der Waals surface area contributed by atoms with E-state index in [1.54, 1.807) is 13.2 Å². The molecule has 1 aromatic carbocycles. The van der Waals surface area contributed by atoms with Gasteiger partial charge in [-0.05, 0) is 51.3 Å². The van der Waals surface area contributed by atoms with Crippen LogP contribution in [-0.2, 0) is 6.54 Å². The van der Waals surface area contributed by atoms with Gasteiger partial charge in [0, 0.05) is 31.7 Å².